The van der Waals surface area contributed by atoms with Gasteiger partial charge in [0.2, 0.25) is 11.6 Å². The number of Topliss-reactive ketones (excluding diaryl/α,β-unsaturated/α-hetero) is 1. The molecule has 30 heavy (non-hydrogen) atoms. The maximum atomic E-state index is 12.7. The summed E-state index contributed by atoms with van der Waals surface area (Å²) in [6, 6.07) is 12.3. The predicted octanol–water partition coefficient (Wildman–Crippen LogP) is 3.09. The Morgan fingerprint density at radius 1 is 1.20 bits per heavy atom. The third kappa shape index (κ3) is 4.30. The zero-order valence-corrected chi connectivity index (χ0v) is 17.2. The lowest BCUT2D eigenvalue weighted by atomic mass is 9.74. The molecule has 0 bridgehead atoms. The lowest BCUT2D eigenvalue weighted by Gasteiger charge is -2.31. The van der Waals surface area contributed by atoms with E-state index in [1.807, 2.05) is 31.2 Å². The Kier molecular flexibility index (Phi) is 6.11. The molecule has 2 aromatic carbocycles. The van der Waals surface area contributed by atoms with E-state index in [-0.39, 0.29) is 17.6 Å². The molecule has 0 saturated heterocycles. The van der Waals surface area contributed by atoms with Crippen LogP contribution in [0.5, 0.6) is 0 Å². The third-order valence-corrected chi connectivity index (χ3v) is 5.25. The Morgan fingerprint density at radius 2 is 1.93 bits per heavy atom. The smallest absolute Gasteiger partial charge is 0.232 e. The monoisotopic (exact) mass is 400 g/mol. The van der Waals surface area contributed by atoms with Gasteiger partial charge < -0.3 is 11.1 Å². The molecule has 5 heteroatoms. The van der Waals surface area contributed by atoms with Crippen LogP contribution in [0.2, 0.25) is 0 Å². The van der Waals surface area contributed by atoms with E-state index >= 15 is 0 Å². The first-order valence-electron chi connectivity index (χ1n) is 9.77. The first-order valence-corrected chi connectivity index (χ1v) is 9.77. The summed E-state index contributed by atoms with van der Waals surface area (Å²) >= 11 is 0. The van der Waals surface area contributed by atoms with E-state index in [2.05, 4.69) is 11.9 Å². The molecular formula is C25H26N3O2+. The first-order chi connectivity index (χ1) is 14.3. The third-order valence-electron chi connectivity index (χ3n) is 5.25. The average molecular weight is 401 g/mol. The van der Waals surface area contributed by atoms with Crippen molar-refractivity contribution in [2.75, 3.05) is 11.1 Å². The lowest BCUT2D eigenvalue weighted by molar-refractivity contribution is -0.119. The van der Waals surface area contributed by atoms with Gasteiger partial charge in [0.25, 0.3) is 0 Å². The van der Waals surface area contributed by atoms with Crippen LogP contribution < -0.4 is 16.5 Å². The second-order valence-corrected chi connectivity index (χ2v) is 7.34. The van der Waals surface area contributed by atoms with Crippen LogP contribution >= 0.6 is 0 Å². The summed E-state index contributed by atoms with van der Waals surface area (Å²) in [4.78, 5) is 24.3. The van der Waals surface area contributed by atoms with E-state index in [9.17, 15) is 9.59 Å². The van der Waals surface area contributed by atoms with Crippen LogP contribution in [0.15, 0.2) is 78.4 Å². The number of anilines is 2. The van der Waals surface area contributed by atoms with Gasteiger partial charge in [-0.3, -0.25) is 15.0 Å². The van der Waals surface area contributed by atoms with Crippen molar-refractivity contribution in [2.45, 2.75) is 20.3 Å². The van der Waals surface area contributed by atoms with Crippen molar-refractivity contribution in [3.63, 3.8) is 0 Å². The number of allylic oxidation sites excluding steroid dienone is 4. The van der Waals surface area contributed by atoms with Crippen LogP contribution in [0.1, 0.15) is 41.8 Å². The number of nitrogens with two attached hydrogens (primary N) is 2. The molecule has 1 fully saturated rings. The minimum absolute atomic E-state index is 0.0396. The molecule has 5 N–H and O–H groups in total. The highest BCUT2D eigenvalue weighted by molar-refractivity contribution is 6.13. The fourth-order valence-corrected chi connectivity index (χ4v) is 3.36. The zero-order valence-electron chi connectivity index (χ0n) is 17.2. The lowest BCUT2D eigenvalue weighted by Crippen LogP contribution is -2.41. The SMILES string of the molecule is C=C1/C(=C\C=C/C)CC1C(=O)Nc1ccc(N)c(C(=[NH2+])c2cccc(C(C)=O)c2)c1. The van der Waals surface area contributed by atoms with Crippen molar-refractivity contribution < 1.29 is 15.0 Å². The number of carbonyl (C=O) groups excluding carboxylic acids is 2. The fraction of sp³-hybridized carbons (Fsp3) is 0.160. The summed E-state index contributed by atoms with van der Waals surface area (Å²) in [7, 11) is 0. The molecule has 1 aliphatic carbocycles. The second-order valence-electron chi connectivity index (χ2n) is 7.34. The van der Waals surface area contributed by atoms with E-state index in [4.69, 9.17) is 11.1 Å². The summed E-state index contributed by atoms with van der Waals surface area (Å²) < 4.78 is 0. The maximum absolute atomic E-state index is 12.7. The normalized spacial score (nSPS) is 17.1. The quantitative estimate of drug-likeness (QED) is 0.395. The minimum atomic E-state index is -0.240. The van der Waals surface area contributed by atoms with Crippen LogP contribution in [-0.2, 0) is 4.79 Å². The summed E-state index contributed by atoms with van der Waals surface area (Å²) in [6.45, 7) is 7.48. The van der Waals surface area contributed by atoms with Gasteiger partial charge in [0, 0.05) is 22.5 Å². The summed E-state index contributed by atoms with van der Waals surface area (Å²) in [5, 5.41) is 9.29. The molecule has 0 radical (unpaired) electrons. The number of carbonyl (C=O) groups is 2. The second kappa shape index (κ2) is 8.74. The fourth-order valence-electron chi connectivity index (χ4n) is 3.36. The molecule has 5 nitrogen and oxygen atoms in total. The Labute approximate surface area is 176 Å². The molecule has 2 aromatic rings. The van der Waals surface area contributed by atoms with E-state index < -0.39 is 0 Å². The number of rotatable bonds is 6. The van der Waals surface area contributed by atoms with Crippen molar-refractivity contribution in [1.82, 2.24) is 0 Å². The van der Waals surface area contributed by atoms with Gasteiger partial charge in [0.15, 0.2) is 5.78 Å². The predicted molar refractivity (Wildman–Crippen MR) is 121 cm³/mol. The van der Waals surface area contributed by atoms with Gasteiger partial charge in [-0.2, -0.15) is 0 Å². The summed E-state index contributed by atoms with van der Waals surface area (Å²) in [6.07, 6.45) is 6.54. The molecule has 1 aliphatic rings. The average Bonchev–Trinajstić information content (AvgIpc) is 2.73. The van der Waals surface area contributed by atoms with Gasteiger partial charge in [-0.25, -0.2) is 0 Å². The van der Waals surface area contributed by atoms with E-state index in [0.717, 1.165) is 11.1 Å². The number of benzene rings is 2. The van der Waals surface area contributed by atoms with Gasteiger partial charge in [0.05, 0.1) is 11.5 Å². The highest BCUT2D eigenvalue weighted by Crippen LogP contribution is 2.38. The molecule has 0 spiro atoms. The number of nitrogens with one attached hydrogen (secondary N) is 1. The number of hydrogen-bond donors (Lipinski definition) is 3. The standard InChI is InChI=1S/C25H25N3O2/c1-4-5-7-17-13-21(15(17)2)25(30)28-20-10-11-23(26)22(14-20)24(27)19-9-6-8-18(12-19)16(3)29/h4-12,14,21,27H,2,13,26H2,1,3H3,(H,28,30)/p+1/b5-4-,17-7-,27-24?. The van der Waals surface area contributed by atoms with Crippen molar-refractivity contribution in [3.8, 4) is 0 Å². The Balaban J connectivity index is 1.78. The van der Waals surface area contributed by atoms with Crippen LogP contribution in [0.25, 0.3) is 0 Å². The van der Waals surface area contributed by atoms with Crippen molar-refractivity contribution in [3.05, 3.63) is 95.1 Å². The van der Waals surface area contributed by atoms with Gasteiger partial charge in [-0.1, -0.05) is 36.9 Å². The molecule has 0 heterocycles. The van der Waals surface area contributed by atoms with Crippen LogP contribution in [0, 0.1) is 5.92 Å². The molecule has 0 aliphatic heterocycles. The van der Waals surface area contributed by atoms with Gasteiger partial charge >= 0.3 is 0 Å². The Hall–Kier alpha value is -3.73. The molecular weight excluding hydrogens is 374 g/mol. The largest absolute Gasteiger partial charge is 0.398 e. The molecule has 3 rings (SSSR count). The molecule has 1 amide bonds. The molecule has 1 unspecified atom stereocenters. The number of hydrogen-bond acceptors (Lipinski definition) is 3. The number of ketones is 1. The molecule has 0 aromatic heterocycles. The van der Waals surface area contributed by atoms with Crippen molar-refractivity contribution in [2.24, 2.45) is 5.92 Å². The van der Waals surface area contributed by atoms with Crippen LogP contribution in [0.4, 0.5) is 11.4 Å². The summed E-state index contributed by atoms with van der Waals surface area (Å²) in [5.74, 6) is -0.385. The molecule has 152 valence electrons. The Bertz CT molecular complexity index is 1110. The van der Waals surface area contributed by atoms with E-state index in [0.29, 0.717) is 40.2 Å². The van der Waals surface area contributed by atoms with Crippen LogP contribution in [0.3, 0.4) is 0 Å². The number of amides is 1. The van der Waals surface area contributed by atoms with Gasteiger partial charge in [0.1, 0.15) is 0 Å². The van der Waals surface area contributed by atoms with Crippen LogP contribution in [-0.4, -0.2) is 17.4 Å². The zero-order chi connectivity index (χ0) is 21.8. The molecule has 1 atom stereocenters. The summed E-state index contributed by atoms with van der Waals surface area (Å²) in [5.41, 5.74) is 11.5. The maximum Gasteiger partial charge on any atom is 0.232 e. The first kappa shape index (κ1) is 21.0. The van der Waals surface area contributed by atoms with E-state index in [1.54, 1.807) is 36.4 Å². The highest BCUT2D eigenvalue weighted by atomic mass is 16.2. The highest BCUT2D eigenvalue weighted by Gasteiger charge is 2.33. The van der Waals surface area contributed by atoms with Crippen molar-refractivity contribution >= 4 is 28.8 Å². The van der Waals surface area contributed by atoms with Gasteiger partial charge in [-0.15, -0.1) is 0 Å². The van der Waals surface area contributed by atoms with Gasteiger partial charge in [-0.05, 0) is 61.7 Å². The van der Waals surface area contributed by atoms with E-state index in [1.165, 1.54) is 6.92 Å². The molecule has 1 saturated carbocycles. The Morgan fingerprint density at radius 3 is 2.60 bits per heavy atom. The topological polar surface area (TPSA) is 97.8 Å². The minimum Gasteiger partial charge on any atom is -0.398 e. The number of nitrogen functional groups attached to an aromatic ring is 1. The van der Waals surface area contributed by atoms with Crippen molar-refractivity contribution in [1.29, 1.82) is 0 Å².